The standard InChI is InChI=1S/C30H39N3O5/c1-4-25(34)23(14-18-12-11-17(2)13-26(18)35)32-29(36)28-20-8-5-7-19(20)16-33(28)30(37)24-15-21-22(31-24)9-6-10-27(21)38-3/h6,9-10,15,17-20,23,28,31H,4-5,7-8,11-14,16H2,1-3H3,(H,32,36). The number of benzene rings is 1. The number of Topliss-reactive ketones (excluding diaryl/α,β-unsaturated/α-hetero) is 2. The molecule has 2 N–H and O–H groups in total. The van der Waals surface area contributed by atoms with Gasteiger partial charge in [-0.2, -0.15) is 0 Å². The molecule has 5 rings (SSSR count). The fourth-order valence-corrected chi connectivity index (χ4v) is 6.99. The van der Waals surface area contributed by atoms with Crippen molar-refractivity contribution in [2.24, 2.45) is 23.7 Å². The van der Waals surface area contributed by atoms with Gasteiger partial charge in [0.05, 0.1) is 13.2 Å². The largest absolute Gasteiger partial charge is 0.496 e. The molecule has 1 aliphatic heterocycles. The van der Waals surface area contributed by atoms with Gasteiger partial charge in [-0.3, -0.25) is 19.2 Å². The number of likely N-dealkylation sites (tertiary alicyclic amines) is 1. The van der Waals surface area contributed by atoms with Crippen LogP contribution in [0.25, 0.3) is 10.9 Å². The van der Waals surface area contributed by atoms with Gasteiger partial charge in [-0.15, -0.1) is 0 Å². The molecule has 1 aromatic heterocycles. The van der Waals surface area contributed by atoms with E-state index in [2.05, 4.69) is 17.2 Å². The number of H-pyrrole nitrogens is 1. The third-order valence-corrected chi connectivity index (χ3v) is 9.08. The summed E-state index contributed by atoms with van der Waals surface area (Å²) in [5, 5.41) is 3.84. The summed E-state index contributed by atoms with van der Waals surface area (Å²) in [6.07, 6.45) is 5.81. The lowest BCUT2D eigenvalue weighted by molar-refractivity contribution is -0.132. The van der Waals surface area contributed by atoms with E-state index in [0.717, 1.165) is 43.0 Å². The molecule has 2 heterocycles. The van der Waals surface area contributed by atoms with Gasteiger partial charge in [-0.1, -0.05) is 26.3 Å². The highest BCUT2D eigenvalue weighted by Gasteiger charge is 2.50. The second-order valence-electron chi connectivity index (χ2n) is 11.5. The molecule has 6 unspecified atom stereocenters. The number of rotatable bonds is 8. The molecule has 1 saturated heterocycles. The minimum atomic E-state index is -0.704. The molecule has 3 fully saturated rings. The molecular weight excluding hydrogens is 482 g/mol. The van der Waals surface area contributed by atoms with Crippen LogP contribution in [0.5, 0.6) is 5.75 Å². The number of ketones is 2. The quantitative estimate of drug-likeness (QED) is 0.539. The Morgan fingerprint density at radius 3 is 2.74 bits per heavy atom. The number of nitrogens with one attached hydrogen (secondary N) is 2. The molecule has 0 radical (unpaired) electrons. The Bertz CT molecular complexity index is 1240. The van der Waals surface area contributed by atoms with E-state index in [9.17, 15) is 19.2 Å². The summed E-state index contributed by atoms with van der Waals surface area (Å²) in [5.41, 5.74) is 1.22. The zero-order chi connectivity index (χ0) is 27.0. The van der Waals surface area contributed by atoms with Crippen molar-refractivity contribution in [1.82, 2.24) is 15.2 Å². The molecule has 2 amide bonds. The molecule has 8 nitrogen and oxygen atoms in total. The number of carbonyl (C=O) groups is 4. The van der Waals surface area contributed by atoms with Crippen LogP contribution in [0.15, 0.2) is 24.3 Å². The third-order valence-electron chi connectivity index (χ3n) is 9.08. The maximum atomic E-state index is 13.8. The molecule has 3 aliphatic rings. The first-order valence-electron chi connectivity index (χ1n) is 14.1. The van der Waals surface area contributed by atoms with Crippen molar-refractivity contribution in [3.8, 4) is 5.75 Å². The van der Waals surface area contributed by atoms with Gasteiger partial charge in [0.25, 0.3) is 5.91 Å². The van der Waals surface area contributed by atoms with Crippen LogP contribution >= 0.6 is 0 Å². The van der Waals surface area contributed by atoms with E-state index in [4.69, 9.17) is 4.74 Å². The molecule has 0 bridgehead atoms. The summed E-state index contributed by atoms with van der Waals surface area (Å²) in [7, 11) is 1.60. The summed E-state index contributed by atoms with van der Waals surface area (Å²) in [4.78, 5) is 58.1. The van der Waals surface area contributed by atoms with E-state index in [1.165, 1.54) is 0 Å². The third kappa shape index (κ3) is 4.97. The van der Waals surface area contributed by atoms with E-state index >= 15 is 0 Å². The number of hydrogen-bond donors (Lipinski definition) is 2. The molecular formula is C30H39N3O5. The Labute approximate surface area is 223 Å². The van der Waals surface area contributed by atoms with Gasteiger partial charge in [-0.25, -0.2) is 0 Å². The number of aromatic nitrogens is 1. The van der Waals surface area contributed by atoms with Gasteiger partial charge in [0.2, 0.25) is 5.91 Å². The second-order valence-corrected chi connectivity index (χ2v) is 11.5. The zero-order valence-electron chi connectivity index (χ0n) is 22.6. The fourth-order valence-electron chi connectivity index (χ4n) is 6.99. The molecule has 8 heteroatoms. The molecule has 0 spiro atoms. The van der Waals surface area contributed by atoms with Crippen molar-refractivity contribution >= 4 is 34.3 Å². The maximum Gasteiger partial charge on any atom is 0.271 e. The SMILES string of the molecule is CCC(=O)C(CC1CCC(C)CC1=O)NC(=O)C1C2CCCC2CN1C(=O)c1cc2c(OC)cccc2[nH]1. The summed E-state index contributed by atoms with van der Waals surface area (Å²) >= 11 is 0. The van der Waals surface area contributed by atoms with E-state index in [0.29, 0.717) is 43.2 Å². The van der Waals surface area contributed by atoms with Crippen molar-refractivity contribution in [3.63, 3.8) is 0 Å². The van der Waals surface area contributed by atoms with Crippen LogP contribution in [0, 0.1) is 23.7 Å². The number of carbonyl (C=O) groups excluding carboxylic acids is 4. The van der Waals surface area contributed by atoms with Crippen LogP contribution in [-0.2, 0) is 14.4 Å². The van der Waals surface area contributed by atoms with Gasteiger partial charge in [0.1, 0.15) is 23.3 Å². The van der Waals surface area contributed by atoms with Crippen LogP contribution in [0.1, 0.15) is 75.7 Å². The maximum absolute atomic E-state index is 13.8. The molecule has 2 saturated carbocycles. The monoisotopic (exact) mass is 521 g/mol. The van der Waals surface area contributed by atoms with Crippen molar-refractivity contribution < 1.29 is 23.9 Å². The molecule has 2 aromatic rings. The highest BCUT2D eigenvalue weighted by atomic mass is 16.5. The van der Waals surface area contributed by atoms with Crippen LogP contribution in [0.4, 0.5) is 0 Å². The Balaban J connectivity index is 1.37. The molecule has 204 valence electrons. The lowest BCUT2D eigenvalue weighted by Gasteiger charge is -2.31. The number of ether oxygens (including phenoxy) is 1. The van der Waals surface area contributed by atoms with Gasteiger partial charge in [0.15, 0.2) is 5.78 Å². The van der Waals surface area contributed by atoms with Crippen LogP contribution < -0.4 is 10.1 Å². The van der Waals surface area contributed by atoms with Crippen molar-refractivity contribution in [3.05, 3.63) is 30.0 Å². The normalized spacial score (nSPS) is 27.8. The average Bonchev–Trinajstić information content (AvgIpc) is 3.62. The lowest BCUT2D eigenvalue weighted by atomic mass is 9.78. The Hall–Kier alpha value is -3.16. The number of nitrogens with zero attached hydrogens (tertiary/aromatic N) is 1. The minimum absolute atomic E-state index is 0.0636. The lowest BCUT2D eigenvalue weighted by Crippen LogP contribution is -2.53. The first kappa shape index (κ1) is 26.4. The summed E-state index contributed by atoms with van der Waals surface area (Å²) in [5.74, 6) is 0.837. The van der Waals surface area contributed by atoms with E-state index in [-0.39, 0.29) is 41.1 Å². The average molecular weight is 522 g/mol. The van der Waals surface area contributed by atoms with Crippen LogP contribution in [0.2, 0.25) is 0 Å². The van der Waals surface area contributed by atoms with E-state index in [1.54, 1.807) is 25.0 Å². The first-order chi connectivity index (χ1) is 18.3. The van der Waals surface area contributed by atoms with Gasteiger partial charge in [0, 0.05) is 36.2 Å². The molecule has 38 heavy (non-hydrogen) atoms. The molecule has 6 atom stereocenters. The smallest absolute Gasteiger partial charge is 0.271 e. The first-order valence-corrected chi connectivity index (χ1v) is 14.1. The highest BCUT2D eigenvalue weighted by molar-refractivity contribution is 6.02. The van der Waals surface area contributed by atoms with Crippen LogP contribution in [-0.4, -0.2) is 59.0 Å². The predicted molar refractivity (Wildman–Crippen MR) is 144 cm³/mol. The Kier molecular flexibility index (Phi) is 7.59. The fraction of sp³-hybridized carbons (Fsp3) is 0.600. The Morgan fingerprint density at radius 1 is 1.18 bits per heavy atom. The summed E-state index contributed by atoms with van der Waals surface area (Å²) in [6, 6.07) is 6.07. The zero-order valence-corrected chi connectivity index (χ0v) is 22.6. The topological polar surface area (TPSA) is 109 Å². The summed E-state index contributed by atoms with van der Waals surface area (Å²) < 4.78 is 5.45. The number of fused-ring (bicyclic) bond motifs is 2. The number of hydrogen-bond acceptors (Lipinski definition) is 5. The number of amides is 2. The second kappa shape index (κ2) is 10.9. The van der Waals surface area contributed by atoms with Crippen molar-refractivity contribution in [2.75, 3.05) is 13.7 Å². The number of methoxy groups -OCH3 is 1. The predicted octanol–water partition coefficient (Wildman–Crippen LogP) is 4.28. The van der Waals surface area contributed by atoms with Gasteiger partial charge < -0.3 is 19.9 Å². The minimum Gasteiger partial charge on any atom is -0.496 e. The van der Waals surface area contributed by atoms with Gasteiger partial charge in [-0.05, 0) is 68.1 Å². The van der Waals surface area contributed by atoms with E-state index in [1.807, 2.05) is 18.2 Å². The van der Waals surface area contributed by atoms with Crippen LogP contribution in [0.3, 0.4) is 0 Å². The van der Waals surface area contributed by atoms with E-state index < -0.39 is 12.1 Å². The highest BCUT2D eigenvalue weighted by Crippen LogP contribution is 2.43. The van der Waals surface area contributed by atoms with Crippen molar-refractivity contribution in [1.29, 1.82) is 0 Å². The van der Waals surface area contributed by atoms with Crippen molar-refractivity contribution in [2.45, 2.75) is 77.3 Å². The Morgan fingerprint density at radius 2 is 2.00 bits per heavy atom. The molecule has 2 aliphatic carbocycles. The van der Waals surface area contributed by atoms with Gasteiger partial charge >= 0.3 is 0 Å². The molecule has 1 aromatic carbocycles. The number of aromatic amines is 1. The summed E-state index contributed by atoms with van der Waals surface area (Å²) in [6.45, 7) is 4.39.